The molecule has 1 amide bonds. The van der Waals surface area contributed by atoms with Gasteiger partial charge in [-0.3, -0.25) is 4.79 Å². The van der Waals surface area contributed by atoms with E-state index in [9.17, 15) is 9.18 Å². The molecule has 2 aromatic carbocycles. The Bertz CT molecular complexity index is 692. The minimum absolute atomic E-state index is 0. The number of hydrogen-bond acceptors (Lipinski definition) is 3. The quantitative estimate of drug-likeness (QED) is 0.728. The zero-order valence-corrected chi connectivity index (χ0v) is 15.9. The molecule has 6 heteroatoms. The monoisotopic (exact) mass is 380 g/mol. The van der Waals surface area contributed by atoms with E-state index in [0.717, 1.165) is 5.56 Å². The number of halogens is 2. The maximum Gasteiger partial charge on any atom is 0.223 e. The third-order valence-corrected chi connectivity index (χ3v) is 3.97. The highest BCUT2D eigenvalue weighted by Gasteiger charge is 2.10. The minimum Gasteiger partial charge on any atom is -0.490 e. The molecular formula is C20H26ClFN2O2. The smallest absolute Gasteiger partial charge is 0.223 e. The van der Waals surface area contributed by atoms with Gasteiger partial charge in [0, 0.05) is 12.6 Å². The van der Waals surface area contributed by atoms with Crippen molar-refractivity contribution in [2.75, 3.05) is 13.2 Å². The average Bonchev–Trinajstić information content (AvgIpc) is 2.61. The number of nitrogens with one attached hydrogen (secondary N) is 1. The number of benzene rings is 2. The Morgan fingerprint density at radius 3 is 2.35 bits per heavy atom. The maximum atomic E-state index is 13.4. The maximum absolute atomic E-state index is 13.4. The Kier molecular flexibility index (Phi) is 9.10. The van der Waals surface area contributed by atoms with Crippen molar-refractivity contribution in [1.29, 1.82) is 0 Å². The summed E-state index contributed by atoms with van der Waals surface area (Å²) >= 11 is 0. The van der Waals surface area contributed by atoms with E-state index in [1.54, 1.807) is 12.1 Å². The Labute approximate surface area is 160 Å². The summed E-state index contributed by atoms with van der Waals surface area (Å²) in [7, 11) is 0. The second-order valence-electron chi connectivity index (χ2n) is 6.26. The van der Waals surface area contributed by atoms with Crippen molar-refractivity contribution >= 4 is 18.3 Å². The van der Waals surface area contributed by atoms with Gasteiger partial charge in [0.2, 0.25) is 5.91 Å². The molecule has 0 spiro atoms. The van der Waals surface area contributed by atoms with Crippen molar-refractivity contribution in [1.82, 2.24) is 5.32 Å². The summed E-state index contributed by atoms with van der Waals surface area (Å²) in [5.74, 6) is 0.0111. The van der Waals surface area contributed by atoms with E-state index in [1.165, 1.54) is 17.7 Å². The summed E-state index contributed by atoms with van der Waals surface area (Å²) in [5, 5.41) is 2.78. The van der Waals surface area contributed by atoms with Crippen LogP contribution < -0.4 is 15.8 Å². The minimum atomic E-state index is -0.435. The van der Waals surface area contributed by atoms with Crippen molar-refractivity contribution in [2.24, 2.45) is 5.73 Å². The number of ether oxygens (including phenoxy) is 1. The summed E-state index contributed by atoms with van der Waals surface area (Å²) in [4.78, 5) is 11.9. The summed E-state index contributed by atoms with van der Waals surface area (Å²) in [5.41, 5.74) is 8.35. The largest absolute Gasteiger partial charge is 0.490 e. The van der Waals surface area contributed by atoms with Gasteiger partial charge < -0.3 is 15.8 Å². The van der Waals surface area contributed by atoms with Crippen molar-refractivity contribution in [3.63, 3.8) is 0 Å². The van der Waals surface area contributed by atoms with Gasteiger partial charge in [-0.1, -0.05) is 50.2 Å². The molecule has 0 aliphatic heterocycles. The van der Waals surface area contributed by atoms with Gasteiger partial charge in [0.05, 0.1) is 13.0 Å². The Morgan fingerprint density at radius 1 is 1.12 bits per heavy atom. The van der Waals surface area contributed by atoms with E-state index in [4.69, 9.17) is 10.5 Å². The molecule has 0 saturated carbocycles. The molecule has 0 radical (unpaired) electrons. The number of carbonyl (C=O) groups is 1. The number of para-hydroxylation sites is 1. The first kappa shape index (κ1) is 21.9. The van der Waals surface area contributed by atoms with E-state index in [2.05, 4.69) is 31.3 Å². The SMILES string of the molecule is CC(C)c1ccc(C(N)CNC(=O)CCOc2ccccc2F)cc1.Cl. The van der Waals surface area contributed by atoms with Crippen LogP contribution in [-0.2, 0) is 4.79 Å². The van der Waals surface area contributed by atoms with Crippen molar-refractivity contribution in [3.8, 4) is 5.75 Å². The van der Waals surface area contributed by atoms with E-state index < -0.39 is 5.82 Å². The summed E-state index contributed by atoms with van der Waals surface area (Å²) in [6.45, 7) is 4.74. The van der Waals surface area contributed by atoms with E-state index in [-0.39, 0.29) is 43.1 Å². The van der Waals surface area contributed by atoms with Gasteiger partial charge in [0.1, 0.15) is 0 Å². The molecule has 0 aromatic heterocycles. The number of rotatable bonds is 8. The molecule has 4 nitrogen and oxygen atoms in total. The molecule has 0 saturated heterocycles. The van der Waals surface area contributed by atoms with Crippen LogP contribution in [0.1, 0.15) is 43.4 Å². The molecule has 1 unspecified atom stereocenters. The van der Waals surface area contributed by atoms with Gasteiger partial charge in [0.25, 0.3) is 0 Å². The van der Waals surface area contributed by atoms with Crippen LogP contribution in [0.15, 0.2) is 48.5 Å². The fourth-order valence-corrected chi connectivity index (χ4v) is 2.37. The third kappa shape index (κ3) is 6.65. The lowest BCUT2D eigenvalue weighted by Gasteiger charge is -2.15. The summed E-state index contributed by atoms with van der Waals surface area (Å²) in [6.07, 6.45) is 0.146. The third-order valence-electron chi connectivity index (χ3n) is 3.97. The number of nitrogens with two attached hydrogens (primary N) is 1. The molecule has 0 bridgehead atoms. The van der Waals surface area contributed by atoms with Crippen LogP contribution in [-0.4, -0.2) is 19.1 Å². The topological polar surface area (TPSA) is 64.3 Å². The van der Waals surface area contributed by atoms with Gasteiger partial charge in [-0.25, -0.2) is 4.39 Å². The molecular weight excluding hydrogens is 355 g/mol. The van der Waals surface area contributed by atoms with E-state index in [0.29, 0.717) is 12.5 Å². The van der Waals surface area contributed by atoms with Crippen molar-refractivity contribution in [3.05, 3.63) is 65.5 Å². The first-order valence-corrected chi connectivity index (χ1v) is 8.47. The molecule has 2 rings (SSSR count). The molecule has 0 aliphatic rings. The fraction of sp³-hybridized carbons (Fsp3) is 0.350. The van der Waals surface area contributed by atoms with Crippen molar-refractivity contribution < 1.29 is 13.9 Å². The predicted octanol–water partition coefficient (Wildman–Crippen LogP) is 3.96. The lowest BCUT2D eigenvalue weighted by atomic mass is 9.99. The highest BCUT2D eigenvalue weighted by molar-refractivity contribution is 5.85. The number of hydrogen-bond donors (Lipinski definition) is 2. The molecule has 142 valence electrons. The van der Waals surface area contributed by atoms with Crippen LogP contribution in [0, 0.1) is 5.82 Å². The van der Waals surface area contributed by atoms with Crippen LogP contribution >= 0.6 is 12.4 Å². The average molecular weight is 381 g/mol. The molecule has 2 aromatic rings. The zero-order chi connectivity index (χ0) is 18.2. The summed E-state index contributed by atoms with van der Waals surface area (Å²) in [6, 6.07) is 14.0. The molecule has 0 fully saturated rings. The van der Waals surface area contributed by atoms with Crippen LogP contribution in [0.3, 0.4) is 0 Å². The Hall–Kier alpha value is -2.11. The fourth-order valence-electron chi connectivity index (χ4n) is 2.37. The van der Waals surface area contributed by atoms with Gasteiger partial charge in [-0.15, -0.1) is 12.4 Å². The molecule has 0 heterocycles. The van der Waals surface area contributed by atoms with Gasteiger partial charge in [-0.05, 0) is 29.2 Å². The van der Waals surface area contributed by atoms with Gasteiger partial charge >= 0.3 is 0 Å². The molecule has 3 N–H and O–H groups in total. The summed E-state index contributed by atoms with van der Waals surface area (Å²) < 4.78 is 18.7. The lowest BCUT2D eigenvalue weighted by molar-refractivity contribution is -0.121. The highest BCUT2D eigenvalue weighted by Crippen LogP contribution is 2.17. The van der Waals surface area contributed by atoms with Gasteiger partial charge in [0.15, 0.2) is 11.6 Å². The lowest BCUT2D eigenvalue weighted by Crippen LogP contribution is -2.32. The second-order valence-corrected chi connectivity index (χ2v) is 6.26. The Morgan fingerprint density at radius 2 is 1.73 bits per heavy atom. The van der Waals surface area contributed by atoms with Crippen LogP contribution in [0.5, 0.6) is 5.75 Å². The van der Waals surface area contributed by atoms with E-state index in [1.807, 2.05) is 12.1 Å². The number of amides is 1. The standard InChI is InChI=1S/C20H25FN2O2.ClH/c1-14(2)15-7-9-16(10-8-15)18(22)13-23-20(24)11-12-25-19-6-4-3-5-17(19)21;/h3-10,14,18H,11-13,22H2,1-2H3,(H,23,24);1H. The van der Waals surface area contributed by atoms with E-state index >= 15 is 0 Å². The number of carbonyl (C=O) groups excluding carboxylic acids is 1. The zero-order valence-electron chi connectivity index (χ0n) is 15.1. The van der Waals surface area contributed by atoms with Crippen LogP contribution in [0.25, 0.3) is 0 Å². The normalized spacial score (nSPS) is 11.6. The second kappa shape index (κ2) is 10.8. The van der Waals surface area contributed by atoms with Gasteiger partial charge in [-0.2, -0.15) is 0 Å². The molecule has 26 heavy (non-hydrogen) atoms. The first-order valence-electron chi connectivity index (χ1n) is 8.47. The van der Waals surface area contributed by atoms with Crippen LogP contribution in [0.2, 0.25) is 0 Å². The first-order chi connectivity index (χ1) is 12.0. The van der Waals surface area contributed by atoms with Crippen LogP contribution in [0.4, 0.5) is 4.39 Å². The van der Waals surface area contributed by atoms with Crippen molar-refractivity contribution in [2.45, 2.75) is 32.2 Å². The highest BCUT2D eigenvalue weighted by atomic mass is 35.5. The predicted molar refractivity (Wildman–Crippen MR) is 104 cm³/mol. The Balaban J connectivity index is 0.00000338. The molecule has 1 atom stereocenters. The molecule has 0 aliphatic carbocycles.